The van der Waals surface area contributed by atoms with Crippen LogP contribution >= 0.6 is 12.4 Å². The van der Waals surface area contributed by atoms with Crippen LogP contribution in [0.15, 0.2) is 29.2 Å². The first-order valence-electron chi connectivity index (χ1n) is 7.15. The van der Waals surface area contributed by atoms with Crippen molar-refractivity contribution in [2.24, 2.45) is 0 Å². The van der Waals surface area contributed by atoms with Gasteiger partial charge in [0.15, 0.2) is 5.69 Å². The number of nitrogens with zero attached hydrogens (tertiary/aromatic N) is 2. The molecule has 0 radical (unpaired) electrons. The van der Waals surface area contributed by atoms with Crippen molar-refractivity contribution in [2.75, 3.05) is 0 Å². The van der Waals surface area contributed by atoms with Crippen LogP contribution in [0, 0.1) is 0 Å². The lowest BCUT2D eigenvalue weighted by molar-refractivity contribution is -0.136. The number of fused-ring (bicyclic) bond motifs is 5. The third-order valence-corrected chi connectivity index (χ3v) is 4.10. The van der Waals surface area contributed by atoms with E-state index in [4.69, 9.17) is 10.2 Å². The summed E-state index contributed by atoms with van der Waals surface area (Å²) in [6.45, 7) is 0. The predicted octanol–water partition coefficient (Wildman–Crippen LogP) is 1.34. The molecule has 3 N–H and O–H groups in total. The number of aromatic nitrogens is 3. The zero-order chi connectivity index (χ0) is 17.0. The number of H-pyrrole nitrogens is 1. The Morgan fingerprint density at radius 1 is 1.28 bits per heavy atom. The molecular weight excluding hydrogens is 350 g/mol. The second-order valence-electron chi connectivity index (χ2n) is 5.64. The molecule has 0 aliphatic heterocycles. The maximum atomic E-state index is 12.2. The molecule has 2 aromatic heterocycles. The Bertz CT molecular complexity index is 1100. The number of aliphatic carboxylic acids is 1. The summed E-state index contributed by atoms with van der Waals surface area (Å²) in [5.41, 5.74) is 3.07. The molecule has 1 aromatic carbocycles. The van der Waals surface area contributed by atoms with Crippen LogP contribution in [0.4, 0.5) is 0 Å². The number of nitrogens with one attached hydrogen (secondary N) is 1. The molecule has 3 aromatic rings. The van der Waals surface area contributed by atoms with Gasteiger partial charge in [-0.3, -0.25) is 14.0 Å². The minimum atomic E-state index is -1.20. The lowest BCUT2D eigenvalue weighted by Crippen LogP contribution is -2.13. The third kappa shape index (κ3) is 2.56. The van der Waals surface area contributed by atoms with Gasteiger partial charge in [-0.25, -0.2) is 9.78 Å². The molecule has 0 fully saturated rings. The fraction of sp³-hybridized carbons (Fsp3) is 0.125. The van der Waals surface area contributed by atoms with E-state index >= 15 is 0 Å². The van der Waals surface area contributed by atoms with E-state index in [0.29, 0.717) is 17.7 Å². The summed E-state index contributed by atoms with van der Waals surface area (Å²) in [5, 5.41) is 18.0. The largest absolute Gasteiger partial charge is 0.481 e. The minimum absolute atomic E-state index is 0. The van der Waals surface area contributed by atoms with Crippen LogP contribution in [-0.4, -0.2) is 36.5 Å². The number of benzene rings is 1. The van der Waals surface area contributed by atoms with Crippen LogP contribution in [0.1, 0.15) is 27.3 Å². The normalized spacial score (nSPS) is 11.7. The predicted molar refractivity (Wildman–Crippen MR) is 89.6 cm³/mol. The molecule has 0 saturated carbocycles. The first-order valence-corrected chi connectivity index (χ1v) is 7.15. The quantitative estimate of drug-likeness (QED) is 0.505. The van der Waals surface area contributed by atoms with Crippen LogP contribution < -0.4 is 5.56 Å². The number of carbonyl (C=O) groups is 2. The average Bonchev–Trinajstić information content (AvgIpc) is 3.08. The second-order valence-corrected chi connectivity index (χ2v) is 5.64. The van der Waals surface area contributed by atoms with Gasteiger partial charge >= 0.3 is 11.9 Å². The van der Waals surface area contributed by atoms with Gasteiger partial charge < -0.3 is 15.2 Å². The number of aromatic carboxylic acids is 1. The molecule has 0 amide bonds. The van der Waals surface area contributed by atoms with Gasteiger partial charge in [0, 0.05) is 18.2 Å². The first-order chi connectivity index (χ1) is 11.4. The Labute approximate surface area is 146 Å². The summed E-state index contributed by atoms with van der Waals surface area (Å²) in [6.07, 6.45) is 1.71. The SMILES string of the molecule is Cl.O=C(O)Cc1ccc2c(c1)Cc1c-2[nH]c(=O)c2nc(C(=O)O)cn12. The van der Waals surface area contributed by atoms with Gasteiger partial charge in [0.05, 0.1) is 17.8 Å². The molecule has 1 aliphatic rings. The molecule has 1 aliphatic carbocycles. The van der Waals surface area contributed by atoms with Gasteiger partial charge in [0.2, 0.25) is 5.65 Å². The highest BCUT2D eigenvalue weighted by Crippen LogP contribution is 2.35. The van der Waals surface area contributed by atoms with Gasteiger partial charge in [0.1, 0.15) is 0 Å². The number of aromatic amines is 1. The molecule has 25 heavy (non-hydrogen) atoms. The van der Waals surface area contributed by atoms with Crippen LogP contribution in [-0.2, 0) is 17.6 Å². The standard InChI is InChI=1S/C16H11N3O5.ClH/c20-12(21)4-7-1-2-9-8(3-7)5-11-13(9)18-15(22)14-17-10(16(23)24)6-19(11)14;/h1-3,6H,4-5H2,(H,18,22)(H,20,21)(H,23,24);1H. The lowest BCUT2D eigenvalue weighted by Gasteiger charge is -2.03. The van der Waals surface area contributed by atoms with Crippen molar-refractivity contribution >= 4 is 30.0 Å². The summed E-state index contributed by atoms with van der Waals surface area (Å²) >= 11 is 0. The van der Waals surface area contributed by atoms with Crippen molar-refractivity contribution in [2.45, 2.75) is 12.8 Å². The van der Waals surface area contributed by atoms with E-state index < -0.39 is 17.5 Å². The first kappa shape index (κ1) is 16.7. The third-order valence-electron chi connectivity index (χ3n) is 4.10. The molecule has 0 spiro atoms. The van der Waals surface area contributed by atoms with E-state index in [1.807, 2.05) is 0 Å². The average molecular weight is 362 g/mol. The molecule has 0 atom stereocenters. The molecule has 0 saturated heterocycles. The number of imidazole rings is 1. The van der Waals surface area contributed by atoms with Gasteiger partial charge in [0.25, 0.3) is 5.56 Å². The second kappa shape index (κ2) is 5.75. The van der Waals surface area contributed by atoms with Crippen LogP contribution in [0.2, 0.25) is 0 Å². The number of hydrogen-bond donors (Lipinski definition) is 3. The van der Waals surface area contributed by atoms with Crippen molar-refractivity contribution in [3.05, 3.63) is 57.3 Å². The Morgan fingerprint density at radius 2 is 2.04 bits per heavy atom. The highest BCUT2D eigenvalue weighted by Gasteiger charge is 2.25. The molecule has 0 unspecified atom stereocenters. The molecule has 0 bridgehead atoms. The highest BCUT2D eigenvalue weighted by molar-refractivity contribution is 5.86. The van der Waals surface area contributed by atoms with E-state index in [2.05, 4.69) is 9.97 Å². The molecule has 128 valence electrons. The van der Waals surface area contributed by atoms with E-state index in [1.165, 1.54) is 10.6 Å². The van der Waals surface area contributed by atoms with Crippen molar-refractivity contribution in [1.29, 1.82) is 0 Å². The van der Waals surface area contributed by atoms with Crippen molar-refractivity contribution in [3.8, 4) is 11.3 Å². The molecule has 4 rings (SSSR count). The van der Waals surface area contributed by atoms with Crippen molar-refractivity contribution in [3.63, 3.8) is 0 Å². The van der Waals surface area contributed by atoms with E-state index in [9.17, 15) is 14.4 Å². The highest BCUT2D eigenvalue weighted by atomic mass is 35.5. The molecular formula is C16H12ClN3O5. The lowest BCUT2D eigenvalue weighted by atomic mass is 10.0. The number of carboxylic acids is 2. The van der Waals surface area contributed by atoms with Gasteiger partial charge in [-0.2, -0.15) is 0 Å². The van der Waals surface area contributed by atoms with Crippen LogP contribution in [0.3, 0.4) is 0 Å². The summed E-state index contributed by atoms with van der Waals surface area (Å²) in [5.74, 6) is -2.12. The van der Waals surface area contributed by atoms with E-state index in [-0.39, 0.29) is 30.2 Å². The van der Waals surface area contributed by atoms with Crippen LogP contribution in [0.25, 0.3) is 16.9 Å². The van der Waals surface area contributed by atoms with E-state index in [0.717, 1.165) is 16.8 Å². The summed E-state index contributed by atoms with van der Waals surface area (Å²) in [6, 6.07) is 5.28. The van der Waals surface area contributed by atoms with E-state index in [1.54, 1.807) is 18.2 Å². The fourth-order valence-electron chi connectivity index (χ4n) is 3.11. The summed E-state index contributed by atoms with van der Waals surface area (Å²) < 4.78 is 1.49. The van der Waals surface area contributed by atoms with Gasteiger partial charge in [-0.05, 0) is 11.1 Å². The van der Waals surface area contributed by atoms with Crippen molar-refractivity contribution < 1.29 is 19.8 Å². The smallest absolute Gasteiger partial charge is 0.356 e. The van der Waals surface area contributed by atoms with Gasteiger partial charge in [-0.15, -0.1) is 12.4 Å². The van der Waals surface area contributed by atoms with Crippen LogP contribution in [0.5, 0.6) is 0 Å². The topological polar surface area (TPSA) is 125 Å². The summed E-state index contributed by atoms with van der Waals surface area (Å²) in [4.78, 5) is 40.8. The summed E-state index contributed by atoms with van der Waals surface area (Å²) in [7, 11) is 0. The maximum Gasteiger partial charge on any atom is 0.356 e. The van der Waals surface area contributed by atoms with Crippen molar-refractivity contribution in [1.82, 2.24) is 14.4 Å². The molecule has 8 nitrogen and oxygen atoms in total. The number of halogens is 1. The zero-order valence-corrected chi connectivity index (χ0v) is 13.5. The monoisotopic (exact) mass is 361 g/mol. The van der Waals surface area contributed by atoms with Gasteiger partial charge in [-0.1, -0.05) is 18.2 Å². The Balaban J connectivity index is 0.00000182. The number of carboxylic acid groups (broad SMARTS) is 2. The molecule has 9 heteroatoms. The Morgan fingerprint density at radius 3 is 2.72 bits per heavy atom. The molecule has 2 heterocycles. The Kier molecular flexibility index (Phi) is 3.84. The Hall–Kier alpha value is -3.13. The minimum Gasteiger partial charge on any atom is -0.481 e. The number of rotatable bonds is 3. The fourth-order valence-corrected chi connectivity index (χ4v) is 3.11. The zero-order valence-electron chi connectivity index (χ0n) is 12.6. The number of hydrogen-bond acceptors (Lipinski definition) is 4. The maximum absolute atomic E-state index is 12.2.